The minimum absolute atomic E-state index is 0.0494. The molecule has 0 bridgehead atoms. The zero-order chi connectivity index (χ0) is 21.3. The van der Waals surface area contributed by atoms with Gasteiger partial charge in [0.2, 0.25) is 11.5 Å². The maximum absolute atomic E-state index is 13.9. The van der Waals surface area contributed by atoms with E-state index in [9.17, 15) is 9.18 Å². The van der Waals surface area contributed by atoms with E-state index in [1.807, 2.05) is 12.1 Å². The Kier molecular flexibility index (Phi) is 7.17. The minimum Gasteiger partial charge on any atom is -0.493 e. The first kappa shape index (κ1) is 21.1. The number of nitrogens with two attached hydrogens (primary N) is 1. The summed E-state index contributed by atoms with van der Waals surface area (Å²) < 4.78 is 29.5. The molecule has 9 nitrogen and oxygen atoms in total. The van der Waals surface area contributed by atoms with Gasteiger partial charge in [-0.05, 0) is 22.4 Å². The third-order valence-electron chi connectivity index (χ3n) is 4.24. The summed E-state index contributed by atoms with van der Waals surface area (Å²) in [5.41, 5.74) is 6.71. The lowest BCUT2D eigenvalue weighted by Gasteiger charge is -2.16. The fourth-order valence-corrected chi connectivity index (χ4v) is 2.71. The van der Waals surface area contributed by atoms with Crippen LogP contribution in [0.4, 0.5) is 10.2 Å². The molecule has 0 aliphatic heterocycles. The fraction of sp³-hybridized carbons (Fsp3) is 0.250. The molecule has 1 heterocycles. The molecule has 158 valence electrons. The van der Waals surface area contributed by atoms with Gasteiger partial charge < -0.3 is 25.8 Å². The molecule has 3 rings (SSSR count). The zero-order valence-electron chi connectivity index (χ0n) is 16.4. The van der Waals surface area contributed by atoms with Crippen LogP contribution >= 0.6 is 0 Å². The third-order valence-corrected chi connectivity index (χ3v) is 4.24. The van der Waals surface area contributed by atoms with Crippen molar-refractivity contribution in [2.45, 2.75) is 13.2 Å². The van der Waals surface area contributed by atoms with Gasteiger partial charge in [-0.1, -0.05) is 30.3 Å². The highest BCUT2D eigenvalue weighted by molar-refractivity contribution is 5.95. The molecule has 0 radical (unpaired) electrons. The van der Waals surface area contributed by atoms with Gasteiger partial charge in [0.05, 0.1) is 7.11 Å². The normalized spacial score (nSPS) is 10.6. The summed E-state index contributed by atoms with van der Waals surface area (Å²) in [6.45, 7) is 1.33. The van der Waals surface area contributed by atoms with E-state index in [1.165, 1.54) is 6.07 Å². The van der Waals surface area contributed by atoms with Crippen molar-refractivity contribution in [3.05, 3.63) is 65.1 Å². The van der Waals surface area contributed by atoms with Crippen LogP contribution in [0.25, 0.3) is 0 Å². The number of methoxy groups -OCH3 is 1. The van der Waals surface area contributed by atoms with E-state index in [4.69, 9.17) is 15.2 Å². The zero-order valence-corrected chi connectivity index (χ0v) is 16.4. The van der Waals surface area contributed by atoms with Gasteiger partial charge in [0, 0.05) is 30.8 Å². The molecule has 0 aliphatic carbocycles. The van der Waals surface area contributed by atoms with Crippen LogP contribution in [0.5, 0.6) is 11.5 Å². The van der Waals surface area contributed by atoms with Crippen LogP contribution in [0.2, 0.25) is 0 Å². The topological polar surface area (TPSA) is 125 Å². The summed E-state index contributed by atoms with van der Waals surface area (Å²) in [5.74, 6) is 0.222. The number of para-hydroxylation sites is 1. The molecule has 2 aromatic carbocycles. The number of halogens is 1. The Morgan fingerprint density at radius 2 is 1.93 bits per heavy atom. The fourth-order valence-electron chi connectivity index (χ4n) is 2.71. The predicted octanol–water partition coefficient (Wildman–Crippen LogP) is 1.90. The number of rotatable bonds is 10. The average molecular weight is 415 g/mol. The van der Waals surface area contributed by atoms with Gasteiger partial charge in [-0.3, -0.25) is 4.79 Å². The van der Waals surface area contributed by atoms with E-state index in [0.29, 0.717) is 36.7 Å². The maximum Gasteiger partial charge on any atom is 0.277 e. The van der Waals surface area contributed by atoms with Crippen molar-refractivity contribution in [1.29, 1.82) is 0 Å². The largest absolute Gasteiger partial charge is 0.493 e. The maximum atomic E-state index is 13.9. The van der Waals surface area contributed by atoms with E-state index in [0.717, 1.165) is 5.56 Å². The summed E-state index contributed by atoms with van der Waals surface area (Å²) in [6.07, 6.45) is 0. The smallest absolute Gasteiger partial charge is 0.277 e. The van der Waals surface area contributed by atoms with Crippen LogP contribution in [-0.2, 0) is 13.2 Å². The van der Waals surface area contributed by atoms with Gasteiger partial charge in [-0.25, -0.2) is 9.02 Å². The van der Waals surface area contributed by atoms with E-state index in [1.54, 1.807) is 31.4 Å². The number of anilines is 1. The van der Waals surface area contributed by atoms with Crippen molar-refractivity contribution in [1.82, 2.24) is 20.9 Å². The Morgan fingerprint density at radius 1 is 1.13 bits per heavy atom. The van der Waals surface area contributed by atoms with Crippen molar-refractivity contribution < 1.29 is 23.3 Å². The van der Waals surface area contributed by atoms with Crippen LogP contribution in [0.15, 0.2) is 47.1 Å². The van der Waals surface area contributed by atoms with Crippen LogP contribution in [0.3, 0.4) is 0 Å². The molecule has 0 saturated heterocycles. The number of nitrogens with one attached hydrogen (secondary N) is 2. The number of carbonyl (C=O) groups is 1. The molecule has 0 spiro atoms. The van der Waals surface area contributed by atoms with Gasteiger partial charge in [0.25, 0.3) is 5.91 Å². The summed E-state index contributed by atoms with van der Waals surface area (Å²) in [7, 11) is 1.54. The monoisotopic (exact) mass is 415 g/mol. The Balaban J connectivity index is 1.54. The van der Waals surface area contributed by atoms with Crippen LogP contribution in [0.1, 0.15) is 21.6 Å². The predicted molar refractivity (Wildman–Crippen MR) is 106 cm³/mol. The number of ether oxygens (including phenoxy) is 2. The number of benzene rings is 2. The Bertz CT molecular complexity index is 995. The highest BCUT2D eigenvalue weighted by atomic mass is 19.1. The molecular weight excluding hydrogens is 393 g/mol. The summed E-state index contributed by atoms with van der Waals surface area (Å²) in [4.78, 5) is 11.9. The number of nitrogens with zero attached hydrogens (tertiary/aromatic N) is 2. The average Bonchev–Trinajstić information content (AvgIpc) is 3.19. The first-order valence-corrected chi connectivity index (χ1v) is 9.19. The van der Waals surface area contributed by atoms with E-state index >= 15 is 0 Å². The standard InChI is InChI=1S/C20H22FN5O4/c1-28-16-8-4-6-13(18(16)29-12-14-5-2-3-7-15(14)21)11-23-9-10-24-20(27)17-19(22)26-30-25-17/h2-8,23H,9-12H2,1H3,(H2,22,26)(H,24,27). The molecule has 0 unspecified atom stereocenters. The molecule has 0 fully saturated rings. The van der Waals surface area contributed by atoms with Gasteiger partial charge in [0.15, 0.2) is 11.5 Å². The lowest BCUT2D eigenvalue weighted by molar-refractivity contribution is 0.0944. The lowest BCUT2D eigenvalue weighted by Crippen LogP contribution is -2.32. The highest BCUT2D eigenvalue weighted by Gasteiger charge is 2.15. The summed E-state index contributed by atoms with van der Waals surface area (Å²) in [5, 5.41) is 12.7. The molecule has 4 N–H and O–H groups in total. The molecule has 30 heavy (non-hydrogen) atoms. The number of hydrogen-bond acceptors (Lipinski definition) is 8. The molecule has 3 aromatic rings. The minimum atomic E-state index is -0.467. The van der Waals surface area contributed by atoms with Crippen molar-refractivity contribution >= 4 is 11.7 Å². The molecule has 1 amide bonds. The van der Waals surface area contributed by atoms with Crippen molar-refractivity contribution in [2.75, 3.05) is 25.9 Å². The van der Waals surface area contributed by atoms with Crippen molar-refractivity contribution in [2.24, 2.45) is 0 Å². The summed E-state index contributed by atoms with van der Waals surface area (Å²) >= 11 is 0. The first-order valence-electron chi connectivity index (χ1n) is 9.19. The molecule has 0 aliphatic rings. The van der Waals surface area contributed by atoms with Gasteiger partial charge in [0.1, 0.15) is 12.4 Å². The second-order valence-electron chi connectivity index (χ2n) is 6.26. The molecule has 0 atom stereocenters. The number of amides is 1. The van der Waals surface area contributed by atoms with Crippen LogP contribution in [-0.4, -0.2) is 36.4 Å². The van der Waals surface area contributed by atoms with Crippen molar-refractivity contribution in [3.8, 4) is 11.5 Å². The summed E-state index contributed by atoms with van der Waals surface area (Å²) in [6, 6.07) is 11.9. The third kappa shape index (κ3) is 5.23. The van der Waals surface area contributed by atoms with Crippen LogP contribution < -0.4 is 25.8 Å². The Hall–Kier alpha value is -3.66. The van der Waals surface area contributed by atoms with Gasteiger partial charge in [-0.15, -0.1) is 0 Å². The molecular formula is C20H22FN5O4. The SMILES string of the molecule is COc1cccc(CNCCNC(=O)c2nonc2N)c1OCc1ccccc1F. The van der Waals surface area contributed by atoms with Gasteiger partial charge in [-0.2, -0.15) is 0 Å². The first-order chi connectivity index (χ1) is 14.6. The van der Waals surface area contributed by atoms with Crippen LogP contribution in [0, 0.1) is 5.82 Å². The van der Waals surface area contributed by atoms with Crippen molar-refractivity contribution in [3.63, 3.8) is 0 Å². The Morgan fingerprint density at radius 3 is 2.67 bits per heavy atom. The van der Waals surface area contributed by atoms with Gasteiger partial charge >= 0.3 is 0 Å². The second-order valence-corrected chi connectivity index (χ2v) is 6.26. The lowest BCUT2D eigenvalue weighted by atomic mass is 10.1. The second kappa shape index (κ2) is 10.2. The number of nitrogen functional groups attached to an aromatic ring is 1. The van der Waals surface area contributed by atoms with E-state index < -0.39 is 5.91 Å². The number of carbonyl (C=O) groups excluding carboxylic acids is 1. The molecule has 1 aromatic heterocycles. The number of aromatic nitrogens is 2. The molecule has 10 heteroatoms. The number of hydrogen-bond donors (Lipinski definition) is 3. The Labute approximate surface area is 172 Å². The highest BCUT2D eigenvalue weighted by Crippen LogP contribution is 2.32. The quantitative estimate of drug-likeness (QED) is 0.429. The molecule has 0 saturated carbocycles. The van der Waals surface area contributed by atoms with E-state index in [-0.39, 0.29) is 23.9 Å². The van der Waals surface area contributed by atoms with E-state index in [2.05, 4.69) is 25.6 Å².